The summed E-state index contributed by atoms with van der Waals surface area (Å²) in [6.45, 7) is 8.93. The minimum atomic E-state index is -4.26. The van der Waals surface area contributed by atoms with Crippen molar-refractivity contribution in [2.45, 2.75) is 429 Å². The van der Waals surface area contributed by atoms with Crippen molar-refractivity contribution in [1.29, 1.82) is 0 Å². The Bertz CT molecular complexity index is 4240. The van der Waals surface area contributed by atoms with Crippen LogP contribution >= 0.6 is 0 Å². The molecule has 0 aliphatic carbocycles. The summed E-state index contributed by atoms with van der Waals surface area (Å²) in [5.41, 5.74) is 6.30. The van der Waals surface area contributed by atoms with E-state index in [-0.39, 0.29) is 110 Å². The van der Waals surface area contributed by atoms with E-state index in [2.05, 4.69) is 27.7 Å². The zero-order chi connectivity index (χ0) is 91.9. The van der Waals surface area contributed by atoms with Crippen molar-refractivity contribution in [1.82, 2.24) is 17.2 Å². The molecule has 6 aromatic carbocycles. The first-order valence-electron chi connectivity index (χ1n) is 49.4. The largest absolute Gasteiger partial charge is 0.480 e. The molecule has 20 nitrogen and oxygen atoms in total. The van der Waals surface area contributed by atoms with Crippen LogP contribution in [0.2, 0.25) is 0 Å². The van der Waals surface area contributed by atoms with Crippen molar-refractivity contribution in [3.63, 3.8) is 0 Å². The van der Waals surface area contributed by atoms with E-state index < -0.39 is 112 Å². The van der Waals surface area contributed by atoms with Crippen molar-refractivity contribution in [3.05, 3.63) is 190 Å². The zero-order valence-electron chi connectivity index (χ0n) is 78.0. The second kappa shape index (κ2) is 57.8. The quantitative estimate of drug-likeness (QED) is 0.0204. The average Bonchev–Trinajstić information content (AvgIpc) is 1.58. The van der Waals surface area contributed by atoms with Crippen LogP contribution in [0.4, 0.5) is 0 Å². The molecule has 0 spiro atoms. The van der Waals surface area contributed by atoms with Crippen molar-refractivity contribution in [2.24, 2.45) is 0 Å². The molecular formula is C104H152N4O16Rh2S4. The van der Waals surface area contributed by atoms with Gasteiger partial charge >= 0.3 is 23.9 Å². The topological polar surface area (TPSA) is 299 Å². The van der Waals surface area contributed by atoms with Gasteiger partial charge in [0.25, 0.3) is 0 Å². The summed E-state index contributed by atoms with van der Waals surface area (Å²) in [5, 5.41) is 41.0. The van der Waals surface area contributed by atoms with E-state index in [4.69, 9.17) is 0 Å². The fraction of sp³-hybridized carbons (Fsp3) is 0.615. The van der Waals surface area contributed by atoms with Crippen LogP contribution in [-0.2, 0) is 124 Å². The molecule has 8 atom stereocenters. The fourth-order valence-electron chi connectivity index (χ4n) is 19.7. The van der Waals surface area contributed by atoms with Gasteiger partial charge in [0.1, 0.15) is 24.2 Å². The van der Waals surface area contributed by atoms with Crippen LogP contribution in [0.15, 0.2) is 165 Å². The average molecular weight is 2050 g/mol. The van der Waals surface area contributed by atoms with Gasteiger partial charge in [0.2, 0.25) is 40.1 Å². The van der Waals surface area contributed by atoms with E-state index in [1.165, 1.54) is 205 Å². The summed E-state index contributed by atoms with van der Waals surface area (Å²) in [6, 6.07) is 32.6. The number of carboxylic acids is 4. The van der Waals surface area contributed by atoms with E-state index in [0.29, 0.717) is 22.3 Å². The molecule has 2 radical (unpaired) electrons. The van der Waals surface area contributed by atoms with Gasteiger partial charge < -0.3 is 20.4 Å². The Labute approximate surface area is 806 Å². The summed E-state index contributed by atoms with van der Waals surface area (Å²) in [4.78, 5) is 50.4. The molecule has 26 heteroatoms. The van der Waals surface area contributed by atoms with Gasteiger partial charge in [0.15, 0.2) is 0 Å². The molecule has 130 heavy (non-hydrogen) atoms. The maximum atomic E-state index is 14.4. The van der Waals surface area contributed by atoms with E-state index in [1.54, 1.807) is 97.1 Å². The molecule has 10 rings (SSSR count). The Morgan fingerprint density at radius 2 is 0.392 bits per heavy atom. The minimum Gasteiger partial charge on any atom is -0.480 e. The molecule has 0 saturated carbocycles. The predicted molar refractivity (Wildman–Crippen MR) is 511 cm³/mol. The third-order valence-electron chi connectivity index (χ3n) is 27.1. The molecular weight excluding hydrogens is 1900 g/mol. The summed E-state index contributed by atoms with van der Waals surface area (Å²) in [7, 11) is -17.1. The van der Waals surface area contributed by atoms with Crippen LogP contribution in [0, 0.1) is 0 Å². The Balaban J connectivity index is 0.000000350. The number of aliphatic carboxylic acids is 4. The van der Waals surface area contributed by atoms with Crippen LogP contribution in [0.1, 0.15) is 405 Å². The number of hydrogen-bond donors (Lipinski definition) is 4. The number of nitrogens with zero attached hydrogens (tertiary/aromatic N) is 4. The molecule has 4 aliphatic rings. The molecule has 0 aromatic heterocycles. The Morgan fingerprint density at radius 3 is 0.546 bits per heavy atom. The van der Waals surface area contributed by atoms with Crippen LogP contribution in [0.5, 0.6) is 0 Å². The molecule has 0 bridgehead atoms. The van der Waals surface area contributed by atoms with Gasteiger partial charge in [-0.25, -0.2) is 33.7 Å². The monoisotopic (exact) mass is 2050 g/mol. The van der Waals surface area contributed by atoms with E-state index in [0.717, 1.165) is 117 Å². The second-order valence-corrected chi connectivity index (χ2v) is 44.1. The number of sulfonamides is 4. The number of carboxylic acid groups (broad SMARTS) is 4. The number of benzene rings is 6. The maximum absolute atomic E-state index is 14.4. The first kappa shape index (κ1) is 111. The van der Waals surface area contributed by atoms with Gasteiger partial charge in [0, 0.05) is 39.0 Å². The molecule has 4 aliphatic heterocycles. The first-order valence-corrected chi connectivity index (χ1v) is 55.2. The third kappa shape index (κ3) is 32.7. The molecule has 4 N–H and O–H groups in total. The van der Waals surface area contributed by atoms with Crippen molar-refractivity contribution >= 4 is 64.0 Å². The smallest absolute Gasteiger partial charge is 0.322 e. The normalized spacial score (nSPS) is 19.4. The van der Waals surface area contributed by atoms with Crippen LogP contribution in [0.25, 0.3) is 0 Å². The van der Waals surface area contributed by atoms with Gasteiger partial charge in [-0.05, 0) is 196 Å². The molecule has 6 aromatic rings. The van der Waals surface area contributed by atoms with Gasteiger partial charge in [-0.2, -0.15) is 17.2 Å². The summed E-state index contributed by atoms with van der Waals surface area (Å²) in [5.74, 6) is -4.92. The van der Waals surface area contributed by atoms with Crippen LogP contribution < -0.4 is 0 Å². The van der Waals surface area contributed by atoms with Crippen LogP contribution in [-0.4, -0.2) is 119 Å². The first-order chi connectivity index (χ1) is 61.8. The fourth-order valence-corrected chi connectivity index (χ4v) is 27.0. The van der Waals surface area contributed by atoms with Crippen molar-refractivity contribution in [3.8, 4) is 0 Å². The van der Waals surface area contributed by atoms with E-state index in [9.17, 15) is 73.3 Å². The third-order valence-corrected chi connectivity index (χ3v) is 34.8. The molecule has 0 unspecified atom stereocenters. The maximum Gasteiger partial charge on any atom is 0.322 e. The Morgan fingerprint density at radius 1 is 0.238 bits per heavy atom. The van der Waals surface area contributed by atoms with Crippen LogP contribution in [0.3, 0.4) is 0 Å². The SMILES string of the molecule is CCCCCCCCCCCCc1ccc(S(=O)(=O)N2[C@@H](C(=O)O)CC[C@H]2c2cccc([C@@H]3CC[C@H](C(=O)O)N3S(=O)(=O)c3ccc(CCCCCCCCCCCC)cc3)c2)cc1.CCCCCCCCCCCCc1ccc(S(=O)(=O)N2[C@@H](C(=O)O)CC[C@H]2c2cccc([C@@H]3CC[C@H](C(=O)O)N3S(=O)(=O)c3ccc(CCCCCCCCCCCC)cc3)c2)cc1.[Rh].[Rh]. The summed E-state index contributed by atoms with van der Waals surface area (Å²) >= 11 is 0. The van der Waals surface area contributed by atoms with Crippen molar-refractivity contribution < 1.29 is 112 Å². The second-order valence-electron chi connectivity index (χ2n) is 36.8. The van der Waals surface area contributed by atoms with Gasteiger partial charge in [0.05, 0.1) is 43.7 Å². The van der Waals surface area contributed by atoms with Gasteiger partial charge in [-0.1, -0.05) is 356 Å². The molecule has 726 valence electrons. The minimum absolute atomic E-state index is 0. The van der Waals surface area contributed by atoms with Crippen molar-refractivity contribution in [2.75, 3.05) is 0 Å². The standard InChI is InChI=1S/2C52H76N2O8S2.2Rh/c2*1-3-5-7-9-11-13-15-17-19-21-24-41-28-32-45(33-29-41)63(59,60)53-47(36-38-49(53)51(55)56)43-26-23-27-44(40-43)48-37-39-50(52(57)58)54(48)64(61,62)46-34-30-42(31-35-46)25-22-20-18-16-14-12-10-8-6-4-2;;/h2*23,26-35,40,47-50H,3-22,24-25,36-39H2,1-2H3,(H,55,56)(H,57,58);;/t2*47-,48-,49+,50+;;/m00../s1. The number of hydrogen-bond acceptors (Lipinski definition) is 12. The van der Waals surface area contributed by atoms with Gasteiger partial charge in [-0.3, -0.25) is 19.2 Å². The Hall–Kier alpha value is -5.91. The predicted octanol–water partition coefficient (Wildman–Crippen LogP) is 25.1. The molecule has 4 fully saturated rings. The number of unbranched alkanes of at least 4 members (excludes halogenated alkanes) is 36. The summed E-state index contributed by atoms with van der Waals surface area (Å²) in [6.07, 6.45) is 54.3. The summed E-state index contributed by atoms with van der Waals surface area (Å²) < 4.78 is 119. The number of carbonyl (C=O) groups is 4. The van der Waals surface area contributed by atoms with E-state index >= 15 is 0 Å². The zero-order valence-corrected chi connectivity index (χ0v) is 84.6. The van der Waals surface area contributed by atoms with E-state index in [1.807, 2.05) is 48.5 Å². The molecule has 4 saturated heterocycles. The number of rotatable bonds is 60. The van der Waals surface area contributed by atoms with Gasteiger partial charge in [-0.15, -0.1) is 0 Å². The Kier molecular flexibility index (Phi) is 49.4. The number of aryl methyl sites for hydroxylation is 4. The molecule has 0 amide bonds. The molecule has 4 heterocycles.